The molecule has 0 atom stereocenters. The van der Waals surface area contributed by atoms with E-state index in [1.165, 1.54) is 0 Å². The molecule has 1 aliphatic heterocycles. The Morgan fingerprint density at radius 2 is 1.86 bits per heavy atom. The van der Waals surface area contributed by atoms with Crippen LogP contribution in [0.4, 0.5) is 5.69 Å². The number of sulfonamides is 1. The number of aromatic nitrogens is 1. The number of fused-ring (bicyclic) bond motifs is 1. The van der Waals surface area contributed by atoms with E-state index < -0.39 is 10.0 Å². The van der Waals surface area contributed by atoms with Crippen molar-refractivity contribution in [3.05, 3.63) is 48.0 Å². The highest BCUT2D eigenvalue weighted by Gasteiger charge is 2.28. The Balaban J connectivity index is 1.53. The maximum atomic E-state index is 12.4. The lowest BCUT2D eigenvalue weighted by atomic mass is 9.92. The molecule has 1 aliphatic carbocycles. The van der Waals surface area contributed by atoms with Gasteiger partial charge in [-0.3, -0.25) is 4.72 Å². The number of nitrogens with zero attached hydrogens (tertiary/aromatic N) is 2. The van der Waals surface area contributed by atoms with E-state index in [4.69, 9.17) is 14.2 Å². The molecule has 0 amide bonds. The van der Waals surface area contributed by atoms with Gasteiger partial charge in [0.15, 0.2) is 0 Å². The maximum Gasteiger partial charge on any atom is 0.232 e. The van der Waals surface area contributed by atoms with Gasteiger partial charge in [0.25, 0.3) is 0 Å². The number of benzene rings is 2. The van der Waals surface area contributed by atoms with Gasteiger partial charge in [0, 0.05) is 23.2 Å². The normalized spacial score (nSPS) is 17.2. The second-order valence-corrected chi connectivity index (χ2v) is 11.7. The molecule has 0 unspecified atom stereocenters. The third-order valence-electron chi connectivity index (χ3n) is 6.59. The highest BCUT2D eigenvalue weighted by Crippen LogP contribution is 2.43. The summed E-state index contributed by atoms with van der Waals surface area (Å²) in [5, 5.41) is 11.0. The zero-order chi connectivity index (χ0) is 25.3. The Morgan fingerprint density at radius 3 is 2.47 bits per heavy atom. The lowest BCUT2D eigenvalue weighted by Gasteiger charge is -2.30. The van der Waals surface area contributed by atoms with E-state index in [-0.39, 0.29) is 24.6 Å². The first-order chi connectivity index (χ1) is 17.3. The van der Waals surface area contributed by atoms with Crippen molar-refractivity contribution in [1.29, 1.82) is 5.26 Å². The van der Waals surface area contributed by atoms with Crippen molar-refractivity contribution in [2.75, 3.05) is 30.5 Å². The van der Waals surface area contributed by atoms with Crippen LogP contribution in [0.1, 0.15) is 44.7 Å². The first kappa shape index (κ1) is 24.6. The van der Waals surface area contributed by atoms with Gasteiger partial charge in [-0.05, 0) is 55.0 Å². The van der Waals surface area contributed by atoms with Gasteiger partial charge in [-0.1, -0.05) is 26.0 Å². The molecule has 0 spiro atoms. The number of hydrogen-bond acceptors (Lipinski definition) is 6. The van der Waals surface area contributed by atoms with Gasteiger partial charge in [-0.2, -0.15) is 5.26 Å². The van der Waals surface area contributed by atoms with Crippen molar-refractivity contribution in [3.8, 4) is 23.1 Å². The van der Waals surface area contributed by atoms with Crippen molar-refractivity contribution in [3.63, 3.8) is 0 Å². The molecule has 1 aromatic heterocycles. The third kappa shape index (κ3) is 5.07. The number of rotatable bonds is 8. The molecule has 5 rings (SSSR count). The van der Waals surface area contributed by atoms with Crippen molar-refractivity contribution in [2.24, 2.45) is 5.92 Å². The van der Waals surface area contributed by atoms with E-state index >= 15 is 0 Å². The fourth-order valence-electron chi connectivity index (χ4n) is 4.87. The van der Waals surface area contributed by atoms with Crippen LogP contribution in [0.25, 0.3) is 22.2 Å². The molecule has 0 radical (unpaired) electrons. The van der Waals surface area contributed by atoms with Crippen LogP contribution in [0.5, 0.6) is 5.75 Å². The molecular weight excluding hydrogens is 478 g/mol. The quantitative estimate of drug-likeness (QED) is 0.456. The summed E-state index contributed by atoms with van der Waals surface area (Å²) in [4.78, 5) is 0. The van der Waals surface area contributed by atoms with Crippen molar-refractivity contribution in [2.45, 2.75) is 45.3 Å². The summed E-state index contributed by atoms with van der Waals surface area (Å²) >= 11 is 0. The first-order valence-corrected chi connectivity index (χ1v) is 14.0. The summed E-state index contributed by atoms with van der Waals surface area (Å²) in [6, 6.07) is 15.8. The fraction of sp³-hybridized carbons (Fsp3) is 0.444. The van der Waals surface area contributed by atoms with Gasteiger partial charge in [0.2, 0.25) is 10.0 Å². The van der Waals surface area contributed by atoms with Crippen LogP contribution in [0.15, 0.2) is 42.5 Å². The van der Waals surface area contributed by atoms with E-state index in [0.29, 0.717) is 36.3 Å². The van der Waals surface area contributed by atoms with E-state index in [9.17, 15) is 13.7 Å². The van der Waals surface area contributed by atoms with E-state index in [1.54, 1.807) is 12.1 Å². The zero-order valence-corrected chi connectivity index (χ0v) is 21.4. The smallest absolute Gasteiger partial charge is 0.232 e. The summed E-state index contributed by atoms with van der Waals surface area (Å²) in [5.74, 6) is 0.808. The molecule has 1 N–H and O–H groups in total. The Labute approximate surface area is 211 Å². The molecule has 8 nitrogen and oxygen atoms in total. The molecule has 1 saturated carbocycles. The van der Waals surface area contributed by atoms with Gasteiger partial charge in [0.1, 0.15) is 24.7 Å². The molecular formula is C27H31N3O5S. The molecule has 2 heterocycles. The number of nitriles is 1. The topological polar surface area (TPSA) is 103 Å². The molecule has 2 aromatic carbocycles. The Morgan fingerprint density at radius 1 is 1.14 bits per heavy atom. The summed E-state index contributed by atoms with van der Waals surface area (Å²) in [6.07, 6.45) is 3.06. The highest BCUT2D eigenvalue weighted by atomic mass is 32.2. The molecule has 9 heteroatoms. The van der Waals surface area contributed by atoms with Crippen LogP contribution in [0, 0.1) is 17.2 Å². The van der Waals surface area contributed by atoms with Crippen LogP contribution in [0.3, 0.4) is 0 Å². The SMILES string of the molecule is CC(C)CS(=O)(=O)Nc1ccc(-c2c(C#N)c3ccc(OC4COCOC4)cc3n2C2CCC2)cc1. The van der Waals surface area contributed by atoms with Crippen LogP contribution in [0.2, 0.25) is 0 Å². The van der Waals surface area contributed by atoms with Gasteiger partial charge >= 0.3 is 0 Å². The van der Waals surface area contributed by atoms with Gasteiger partial charge in [-0.25, -0.2) is 8.42 Å². The largest absolute Gasteiger partial charge is 0.486 e. The van der Waals surface area contributed by atoms with Crippen LogP contribution in [-0.2, 0) is 19.5 Å². The summed E-state index contributed by atoms with van der Waals surface area (Å²) in [7, 11) is -3.42. The zero-order valence-electron chi connectivity index (χ0n) is 20.6. The van der Waals surface area contributed by atoms with E-state index in [2.05, 4.69) is 15.4 Å². The van der Waals surface area contributed by atoms with E-state index in [0.717, 1.165) is 41.4 Å². The van der Waals surface area contributed by atoms with Crippen molar-refractivity contribution >= 4 is 26.6 Å². The molecule has 2 fully saturated rings. The molecule has 1 saturated heterocycles. The minimum Gasteiger partial charge on any atom is -0.486 e. The van der Waals surface area contributed by atoms with Gasteiger partial charge < -0.3 is 18.8 Å². The van der Waals surface area contributed by atoms with Crippen LogP contribution >= 0.6 is 0 Å². The predicted molar refractivity (Wildman–Crippen MR) is 138 cm³/mol. The first-order valence-electron chi connectivity index (χ1n) is 12.4. The standard InChI is InChI=1S/C27H31N3O5S/c1-18(2)16-36(31,32)29-20-8-6-19(7-9-20)27-25(13-28)24-11-10-22(35-23-14-33-17-34-15-23)12-26(24)30(27)21-4-3-5-21/h6-12,18,21,23,29H,3-5,14-17H2,1-2H3. The maximum absolute atomic E-state index is 12.4. The van der Waals surface area contributed by atoms with E-state index in [1.807, 2.05) is 44.2 Å². The average molecular weight is 510 g/mol. The minimum atomic E-state index is -3.42. The predicted octanol–water partition coefficient (Wildman–Crippen LogP) is 5.05. The lowest BCUT2D eigenvalue weighted by molar-refractivity contribution is -0.143. The minimum absolute atomic E-state index is 0.0326. The van der Waals surface area contributed by atoms with Gasteiger partial charge in [-0.15, -0.1) is 0 Å². The molecule has 3 aromatic rings. The number of hydrogen-bond donors (Lipinski definition) is 1. The Hall–Kier alpha value is -3.06. The Bertz CT molecular complexity index is 1380. The second-order valence-electron chi connectivity index (χ2n) is 9.92. The van der Waals surface area contributed by atoms with Crippen LogP contribution in [-0.4, -0.2) is 44.8 Å². The molecule has 36 heavy (non-hydrogen) atoms. The highest BCUT2D eigenvalue weighted by molar-refractivity contribution is 7.92. The fourth-order valence-corrected chi connectivity index (χ4v) is 6.32. The summed E-state index contributed by atoms with van der Waals surface area (Å²) in [5.41, 5.74) is 3.81. The monoisotopic (exact) mass is 509 g/mol. The summed E-state index contributed by atoms with van der Waals surface area (Å²) in [6.45, 7) is 4.99. The Kier molecular flexibility index (Phi) is 6.93. The number of anilines is 1. The lowest BCUT2D eigenvalue weighted by Crippen LogP contribution is -2.33. The average Bonchev–Trinajstić information content (AvgIpc) is 3.11. The molecule has 2 aliphatic rings. The second kappa shape index (κ2) is 10.1. The summed E-state index contributed by atoms with van der Waals surface area (Å²) < 4.78 is 46.5. The third-order valence-corrected chi connectivity index (χ3v) is 8.24. The van der Waals surface area contributed by atoms with Gasteiger partial charge in [0.05, 0.1) is 35.7 Å². The number of ether oxygens (including phenoxy) is 3. The number of nitrogens with one attached hydrogen (secondary N) is 1. The van der Waals surface area contributed by atoms with Crippen molar-refractivity contribution < 1.29 is 22.6 Å². The molecule has 0 bridgehead atoms. The van der Waals surface area contributed by atoms with Crippen LogP contribution < -0.4 is 9.46 Å². The van der Waals surface area contributed by atoms with Crippen molar-refractivity contribution in [1.82, 2.24) is 4.57 Å². The molecule has 190 valence electrons.